The van der Waals surface area contributed by atoms with Crippen molar-refractivity contribution < 1.29 is 9.90 Å². The zero-order chi connectivity index (χ0) is 10.6. The van der Waals surface area contributed by atoms with Crippen LogP contribution in [0, 0.1) is 0 Å². The van der Waals surface area contributed by atoms with E-state index in [2.05, 4.69) is 0 Å². The normalized spacial score (nSPS) is 9.86. The van der Waals surface area contributed by atoms with Crippen molar-refractivity contribution in [3.63, 3.8) is 0 Å². The van der Waals surface area contributed by atoms with Crippen LogP contribution in [-0.4, -0.2) is 29.5 Å². The quantitative estimate of drug-likeness (QED) is 0.727. The maximum absolute atomic E-state index is 11.1. The Hall–Kier alpha value is -1.55. The summed E-state index contributed by atoms with van der Waals surface area (Å²) in [6, 6.07) is 6.81. The van der Waals surface area contributed by atoms with E-state index in [-0.39, 0.29) is 18.2 Å². The predicted molar refractivity (Wildman–Crippen MR) is 53.6 cm³/mol. The fourth-order valence-corrected chi connectivity index (χ4v) is 1.17. The van der Waals surface area contributed by atoms with E-state index in [1.54, 1.807) is 25.2 Å². The zero-order valence-corrected chi connectivity index (χ0v) is 8.10. The van der Waals surface area contributed by atoms with Crippen molar-refractivity contribution in [2.45, 2.75) is 6.54 Å². The standard InChI is InChI=1S/C10H14N2O2/c1-12(10(14)6-11)7-8-3-2-4-9(13)5-8/h2-5,13H,6-7,11H2,1H3. The molecule has 0 aliphatic carbocycles. The van der Waals surface area contributed by atoms with Gasteiger partial charge in [-0.3, -0.25) is 4.79 Å². The first kappa shape index (κ1) is 10.5. The Morgan fingerprint density at radius 1 is 1.57 bits per heavy atom. The summed E-state index contributed by atoms with van der Waals surface area (Å²) in [5, 5.41) is 9.19. The summed E-state index contributed by atoms with van der Waals surface area (Å²) in [7, 11) is 1.68. The molecule has 1 aromatic rings. The highest BCUT2D eigenvalue weighted by atomic mass is 16.3. The van der Waals surface area contributed by atoms with Gasteiger partial charge in [0.1, 0.15) is 5.75 Å². The molecule has 0 saturated heterocycles. The summed E-state index contributed by atoms with van der Waals surface area (Å²) < 4.78 is 0. The first-order valence-electron chi connectivity index (χ1n) is 4.35. The molecule has 4 nitrogen and oxygen atoms in total. The summed E-state index contributed by atoms with van der Waals surface area (Å²) >= 11 is 0. The van der Waals surface area contributed by atoms with Crippen LogP contribution < -0.4 is 5.73 Å². The molecule has 0 saturated carbocycles. The van der Waals surface area contributed by atoms with Crippen LogP contribution in [0.1, 0.15) is 5.56 Å². The topological polar surface area (TPSA) is 66.6 Å². The Balaban J connectivity index is 2.64. The van der Waals surface area contributed by atoms with Crippen LogP contribution in [0.3, 0.4) is 0 Å². The van der Waals surface area contributed by atoms with Crippen LogP contribution in [0.4, 0.5) is 0 Å². The van der Waals surface area contributed by atoms with Crippen molar-refractivity contribution in [2.24, 2.45) is 5.73 Å². The van der Waals surface area contributed by atoms with E-state index in [1.807, 2.05) is 6.07 Å². The summed E-state index contributed by atoms with van der Waals surface area (Å²) in [6.45, 7) is 0.472. The van der Waals surface area contributed by atoms with Crippen LogP contribution in [0.25, 0.3) is 0 Å². The van der Waals surface area contributed by atoms with Crippen molar-refractivity contribution in [3.8, 4) is 5.75 Å². The highest BCUT2D eigenvalue weighted by molar-refractivity contribution is 5.77. The molecule has 0 spiro atoms. The number of aromatic hydroxyl groups is 1. The SMILES string of the molecule is CN(Cc1cccc(O)c1)C(=O)CN. The number of phenolic OH excluding ortho intramolecular Hbond substituents is 1. The maximum Gasteiger partial charge on any atom is 0.236 e. The van der Waals surface area contributed by atoms with Gasteiger partial charge in [-0.25, -0.2) is 0 Å². The molecule has 0 atom stereocenters. The molecule has 0 bridgehead atoms. The van der Waals surface area contributed by atoms with Gasteiger partial charge >= 0.3 is 0 Å². The molecular weight excluding hydrogens is 180 g/mol. The lowest BCUT2D eigenvalue weighted by Crippen LogP contribution is -2.32. The van der Waals surface area contributed by atoms with E-state index in [9.17, 15) is 9.90 Å². The maximum atomic E-state index is 11.1. The smallest absolute Gasteiger partial charge is 0.236 e. The number of carbonyl (C=O) groups is 1. The van der Waals surface area contributed by atoms with Gasteiger partial charge in [0, 0.05) is 13.6 Å². The second kappa shape index (κ2) is 4.62. The Morgan fingerprint density at radius 3 is 2.86 bits per heavy atom. The number of hydrogen-bond donors (Lipinski definition) is 2. The third-order valence-corrected chi connectivity index (χ3v) is 1.93. The number of benzene rings is 1. The van der Waals surface area contributed by atoms with Crippen molar-refractivity contribution >= 4 is 5.91 Å². The molecule has 3 N–H and O–H groups in total. The Bertz CT molecular complexity index is 326. The fourth-order valence-electron chi connectivity index (χ4n) is 1.17. The Labute approximate surface area is 82.9 Å². The number of rotatable bonds is 3. The lowest BCUT2D eigenvalue weighted by Gasteiger charge is -2.16. The van der Waals surface area contributed by atoms with E-state index in [0.29, 0.717) is 6.54 Å². The number of likely N-dealkylation sites (N-methyl/N-ethyl adjacent to an activating group) is 1. The summed E-state index contributed by atoms with van der Waals surface area (Å²) in [6.07, 6.45) is 0. The Morgan fingerprint density at radius 2 is 2.29 bits per heavy atom. The van der Waals surface area contributed by atoms with Gasteiger partial charge in [-0.15, -0.1) is 0 Å². The third-order valence-electron chi connectivity index (χ3n) is 1.93. The first-order chi connectivity index (χ1) is 6.63. The van der Waals surface area contributed by atoms with Gasteiger partial charge in [-0.2, -0.15) is 0 Å². The molecule has 0 fully saturated rings. The van der Waals surface area contributed by atoms with Gasteiger partial charge < -0.3 is 15.7 Å². The van der Waals surface area contributed by atoms with E-state index < -0.39 is 0 Å². The molecular formula is C10H14N2O2. The van der Waals surface area contributed by atoms with Crippen LogP contribution in [0.2, 0.25) is 0 Å². The van der Waals surface area contributed by atoms with Gasteiger partial charge in [0.2, 0.25) is 5.91 Å². The summed E-state index contributed by atoms with van der Waals surface area (Å²) in [4.78, 5) is 12.7. The monoisotopic (exact) mass is 194 g/mol. The second-order valence-corrected chi connectivity index (χ2v) is 3.12. The van der Waals surface area contributed by atoms with Gasteiger partial charge in [0.05, 0.1) is 6.54 Å². The van der Waals surface area contributed by atoms with Crippen LogP contribution in [-0.2, 0) is 11.3 Å². The van der Waals surface area contributed by atoms with E-state index in [4.69, 9.17) is 5.73 Å². The van der Waals surface area contributed by atoms with Gasteiger partial charge in [-0.1, -0.05) is 12.1 Å². The van der Waals surface area contributed by atoms with Crippen LogP contribution >= 0.6 is 0 Å². The highest BCUT2D eigenvalue weighted by Gasteiger charge is 2.06. The van der Waals surface area contributed by atoms with Crippen molar-refractivity contribution in [3.05, 3.63) is 29.8 Å². The molecule has 0 aliphatic heterocycles. The van der Waals surface area contributed by atoms with E-state index in [1.165, 1.54) is 4.90 Å². The average Bonchev–Trinajstić information content (AvgIpc) is 2.16. The average molecular weight is 194 g/mol. The second-order valence-electron chi connectivity index (χ2n) is 3.12. The van der Waals surface area contributed by atoms with Gasteiger partial charge in [-0.05, 0) is 17.7 Å². The molecule has 0 unspecified atom stereocenters. The largest absolute Gasteiger partial charge is 0.508 e. The summed E-state index contributed by atoms with van der Waals surface area (Å²) in [5.74, 6) is 0.0874. The number of amides is 1. The minimum atomic E-state index is -0.117. The molecule has 4 heteroatoms. The molecule has 0 aliphatic rings. The lowest BCUT2D eigenvalue weighted by atomic mass is 10.2. The molecule has 1 aromatic carbocycles. The van der Waals surface area contributed by atoms with Gasteiger partial charge in [0.25, 0.3) is 0 Å². The molecule has 0 radical (unpaired) electrons. The molecule has 1 amide bonds. The number of nitrogens with zero attached hydrogens (tertiary/aromatic N) is 1. The Kier molecular flexibility index (Phi) is 3.48. The minimum absolute atomic E-state index is 0.00924. The van der Waals surface area contributed by atoms with E-state index >= 15 is 0 Å². The highest BCUT2D eigenvalue weighted by Crippen LogP contribution is 2.12. The number of hydrogen-bond acceptors (Lipinski definition) is 3. The first-order valence-corrected chi connectivity index (χ1v) is 4.35. The number of phenols is 1. The molecule has 14 heavy (non-hydrogen) atoms. The molecule has 1 rings (SSSR count). The molecule has 0 aromatic heterocycles. The van der Waals surface area contributed by atoms with Crippen LogP contribution in [0.15, 0.2) is 24.3 Å². The molecule has 76 valence electrons. The molecule has 0 heterocycles. The van der Waals surface area contributed by atoms with Crippen molar-refractivity contribution in [2.75, 3.05) is 13.6 Å². The van der Waals surface area contributed by atoms with Gasteiger partial charge in [0.15, 0.2) is 0 Å². The zero-order valence-electron chi connectivity index (χ0n) is 8.10. The number of carbonyl (C=O) groups excluding carboxylic acids is 1. The van der Waals surface area contributed by atoms with E-state index in [0.717, 1.165) is 5.56 Å². The van der Waals surface area contributed by atoms with Crippen LogP contribution in [0.5, 0.6) is 5.75 Å². The third kappa shape index (κ3) is 2.74. The fraction of sp³-hybridized carbons (Fsp3) is 0.300. The van der Waals surface area contributed by atoms with Crippen molar-refractivity contribution in [1.29, 1.82) is 0 Å². The number of nitrogens with two attached hydrogens (primary N) is 1. The summed E-state index contributed by atoms with van der Waals surface area (Å²) in [5.41, 5.74) is 6.10. The van der Waals surface area contributed by atoms with Crippen molar-refractivity contribution in [1.82, 2.24) is 4.90 Å². The predicted octanol–water partition coefficient (Wildman–Crippen LogP) is 0.309. The lowest BCUT2D eigenvalue weighted by molar-refractivity contribution is -0.128. The minimum Gasteiger partial charge on any atom is -0.508 e.